The highest BCUT2D eigenvalue weighted by Gasteiger charge is 2.71. The zero-order valence-corrected chi connectivity index (χ0v) is 29.2. The Labute approximate surface area is 306 Å². The minimum absolute atomic E-state index is 0.000914. The number of amides is 1. The van der Waals surface area contributed by atoms with Crippen LogP contribution in [0.25, 0.3) is 32.1 Å². The van der Waals surface area contributed by atoms with Gasteiger partial charge in [0.05, 0.1) is 27.4 Å². The van der Waals surface area contributed by atoms with Crippen molar-refractivity contribution < 1.29 is 31.5 Å². The van der Waals surface area contributed by atoms with E-state index in [9.17, 15) is 18.8 Å². The number of alkyl halides is 3. The lowest BCUT2D eigenvalue weighted by molar-refractivity contribution is -0.214. The molecule has 3 aromatic heterocycles. The van der Waals surface area contributed by atoms with Gasteiger partial charge in [0.15, 0.2) is 5.82 Å². The highest BCUT2D eigenvalue weighted by Crippen LogP contribution is 2.52. The van der Waals surface area contributed by atoms with Crippen molar-refractivity contribution in [3.63, 3.8) is 0 Å². The van der Waals surface area contributed by atoms with Crippen molar-refractivity contribution in [3.8, 4) is 23.2 Å². The number of aromatic nitrogens is 5. The second-order valence-corrected chi connectivity index (χ2v) is 15.5. The fourth-order valence-electron chi connectivity index (χ4n) is 8.65. The third-order valence-electron chi connectivity index (χ3n) is 11.2. The summed E-state index contributed by atoms with van der Waals surface area (Å²) in [6.45, 7) is -0.264. The van der Waals surface area contributed by atoms with Gasteiger partial charge in [-0.2, -0.15) is 25.0 Å². The Kier molecular flexibility index (Phi) is 7.57. The van der Waals surface area contributed by atoms with E-state index in [0.717, 1.165) is 46.1 Å². The van der Waals surface area contributed by atoms with Gasteiger partial charge in [0.25, 0.3) is 5.92 Å². The number of rotatable bonds is 5. The fourth-order valence-corrected chi connectivity index (χ4v) is 9.89. The van der Waals surface area contributed by atoms with Crippen LogP contribution in [0.15, 0.2) is 30.9 Å². The van der Waals surface area contributed by atoms with Gasteiger partial charge in [-0.05, 0) is 43.5 Å². The number of anilines is 2. The normalized spacial score (nSPS) is 25.0. The number of nitriles is 1. The van der Waals surface area contributed by atoms with E-state index in [1.165, 1.54) is 17.0 Å². The molecule has 0 bridgehead atoms. The van der Waals surface area contributed by atoms with Crippen LogP contribution in [0.3, 0.4) is 0 Å². The van der Waals surface area contributed by atoms with Gasteiger partial charge in [-0.3, -0.25) is 4.90 Å². The number of fused-ring (bicyclic) bond motifs is 3. The van der Waals surface area contributed by atoms with Crippen molar-refractivity contribution in [2.75, 3.05) is 50.0 Å². The molecule has 4 aliphatic rings. The zero-order valence-electron chi connectivity index (χ0n) is 27.6. The third-order valence-corrected chi connectivity index (χ3v) is 12.5. The summed E-state index contributed by atoms with van der Waals surface area (Å²) in [7, 11) is 0. The molecule has 4 fully saturated rings. The molecule has 1 spiro atoms. The van der Waals surface area contributed by atoms with Crippen molar-refractivity contribution in [2.45, 2.75) is 48.9 Å². The summed E-state index contributed by atoms with van der Waals surface area (Å²) in [6.07, 6.45) is 2.81. The van der Waals surface area contributed by atoms with Crippen LogP contribution in [-0.2, 0) is 0 Å². The molecule has 0 aliphatic carbocycles. The summed E-state index contributed by atoms with van der Waals surface area (Å²) in [5.74, 6) is -4.86. The first-order valence-corrected chi connectivity index (χ1v) is 18.0. The summed E-state index contributed by atoms with van der Waals surface area (Å²) in [6, 6.07) is 4.72. The molecule has 2 aromatic carbocycles. The van der Waals surface area contributed by atoms with Crippen LogP contribution in [-0.4, -0.2) is 103 Å². The van der Waals surface area contributed by atoms with Gasteiger partial charge in [-0.1, -0.05) is 17.7 Å². The van der Waals surface area contributed by atoms with Gasteiger partial charge in [0.1, 0.15) is 59.2 Å². The van der Waals surface area contributed by atoms with E-state index in [2.05, 4.69) is 20.1 Å². The van der Waals surface area contributed by atoms with Crippen LogP contribution >= 0.6 is 22.9 Å². The second-order valence-electron chi connectivity index (χ2n) is 14.0. The van der Waals surface area contributed by atoms with E-state index in [4.69, 9.17) is 22.1 Å². The molecule has 4 aliphatic heterocycles. The largest absolute Gasteiger partial charge is 0.461 e. The van der Waals surface area contributed by atoms with Gasteiger partial charge in [-0.15, -0.1) is 11.3 Å². The number of likely N-dealkylation sites (tertiary alicyclic amines) is 1. The molecule has 9 rings (SSSR count). The van der Waals surface area contributed by atoms with Crippen molar-refractivity contribution in [2.24, 2.45) is 0 Å². The predicted molar refractivity (Wildman–Crippen MR) is 185 cm³/mol. The average molecular weight is 771 g/mol. The zero-order chi connectivity index (χ0) is 37.0. The predicted octanol–water partition coefficient (Wildman–Crippen LogP) is 6.01. The first kappa shape index (κ1) is 33.9. The maximum Gasteiger partial charge on any atom is 0.347 e. The molecule has 12 nitrogen and oxygen atoms in total. The van der Waals surface area contributed by atoms with Crippen molar-refractivity contribution in [1.29, 1.82) is 5.26 Å². The summed E-state index contributed by atoms with van der Waals surface area (Å²) < 4.78 is 84.9. The lowest BCUT2D eigenvalue weighted by atomic mass is 9.80. The number of carbonyl (C=O) groups is 1. The monoisotopic (exact) mass is 770 g/mol. The molecule has 1 unspecified atom stereocenters. The Morgan fingerprint density at radius 1 is 1.19 bits per heavy atom. The Hall–Kier alpha value is -4.86. The third kappa shape index (κ3) is 4.89. The topological polar surface area (TPSA) is 142 Å². The van der Waals surface area contributed by atoms with E-state index in [1.54, 1.807) is 0 Å². The molecule has 53 heavy (non-hydrogen) atoms. The quantitative estimate of drug-likeness (QED) is 0.211. The van der Waals surface area contributed by atoms with Crippen molar-refractivity contribution in [3.05, 3.63) is 53.1 Å². The van der Waals surface area contributed by atoms with Crippen LogP contribution < -0.4 is 15.4 Å². The molecule has 0 saturated carbocycles. The Morgan fingerprint density at radius 3 is 2.77 bits per heavy atom. The first-order chi connectivity index (χ1) is 25.4. The molecular formula is C34H28ClF5N10O2S. The number of hydrogen-bond acceptors (Lipinski definition) is 11. The van der Waals surface area contributed by atoms with Crippen LogP contribution in [0, 0.1) is 23.0 Å². The lowest BCUT2D eigenvalue weighted by Crippen LogP contribution is -2.78. The molecule has 0 radical (unpaired) electrons. The number of ether oxygens (including phenoxy) is 1. The summed E-state index contributed by atoms with van der Waals surface area (Å²) in [5.41, 5.74) is 3.07. The SMILES string of the molecule is N#Cc1c(N)sc2c(F)ccc(-c3c(Cl)cc4c(N5CCC6(C5)N(C(=O)n5cncn5)CC6(F)F)nc(OC[C@@]56CCCN5C[C@H](F)C6)nc4c3F)c12. The number of nitrogens with two attached hydrogens (primary N) is 1. The average Bonchev–Trinajstić information content (AvgIpc) is 3.96. The van der Waals surface area contributed by atoms with E-state index in [1.807, 2.05) is 11.0 Å². The Bertz CT molecular complexity index is 2390. The van der Waals surface area contributed by atoms with Crippen LogP contribution in [0.1, 0.15) is 31.2 Å². The molecule has 274 valence electrons. The lowest BCUT2D eigenvalue weighted by Gasteiger charge is -2.55. The van der Waals surface area contributed by atoms with E-state index in [0.29, 0.717) is 13.0 Å². The van der Waals surface area contributed by atoms with Crippen molar-refractivity contribution in [1.82, 2.24) is 34.5 Å². The van der Waals surface area contributed by atoms with E-state index >= 15 is 13.2 Å². The molecule has 1 amide bonds. The number of hydrogen-bond donors (Lipinski definition) is 1. The van der Waals surface area contributed by atoms with Crippen molar-refractivity contribution >= 4 is 60.8 Å². The number of thiophene rings is 1. The first-order valence-electron chi connectivity index (χ1n) is 16.8. The number of carbonyl (C=O) groups excluding carboxylic acids is 1. The maximum absolute atomic E-state index is 17.1. The van der Waals surface area contributed by atoms with E-state index < -0.39 is 47.4 Å². The molecule has 3 atom stereocenters. The number of nitrogen functional groups attached to an aromatic ring is 1. The standard InChI is InChI=1S/C34H28ClF5N10O2S/c35-21-8-19-26(25(38)24(21)18-2-3-22(37)27-23(18)20(10-41)28(42)53-27)45-30(52-14-32-4-1-6-48(32)11-17(36)9-32)46-29(19)47-7-5-33(12-47)34(39,40)13-49(33)31(51)50-16-43-15-44-50/h2-3,8,15-17H,1,4-7,9,11-14,42H2/t17-,32+,33?/m1/s1. The van der Waals surface area contributed by atoms with Crippen LogP contribution in [0.4, 0.5) is 37.6 Å². The summed E-state index contributed by atoms with van der Waals surface area (Å²) in [5, 5.41) is 13.7. The number of benzene rings is 2. The van der Waals surface area contributed by atoms with Crippen LogP contribution in [0.5, 0.6) is 6.01 Å². The maximum atomic E-state index is 17.1. The smallest absolute Gasteiger partial charge is 0.347 e. The Balaban J connectivity index is 1.18. The van der Waals surface area contributed by atoms with E-state index in [-0.39, 0.29) is 98.6 Å². The van der Waals surface area contributed by atoms with Gasteiger partial charge in [0, 0.05) is 42.4 Å². The molecule has 19 heteroatoms. The second kappa shape index (κ2) is 11.8. The minimum atomic E-state index is -3.28. The van der Waals surface area contributed by atoms with Gasteiger partial charge >= 0.3 is 12.0 Å². The molecule has 4 saturated heterocycles. The number of halogens is 6. The fraction of sp³-hybridized carbons (Fsp3) is 0.412. The molecule has 7 heterocycles. The molecular weight excluding hydrogens is 743 g/mol. The number of nitrogens with zero attached hydrogens (tertiary/aromatic N) is 9. The summed E-state index contributed by atoms with van der Waals surface area (Å²) >= 11 is 7.65. The van der Waals surface area contributed by atoms with Gasteiger partial charge < -0.3 is 20.3 Å². The minimum Gasteiger partial charge on any atom is -0.461 e. The highest BCUT2D eigenvalue weighted by molar-refractivity contribution is 7.23. The van der Waals surface area contributed by atoms with Gasteiger partial charge in [-0.25, -0.2) is 31.7 Å². The highest BCUT2D eigenvalue weighted by atomic mass is 35.5. The van der Waals surface area contributed by atoms with Crippen LogP contribution in [0.2, 0.25) is 5.02 Å². The van der Waals surface area contributed by atoms with Gasteiger partial charge in [0.2, 0.25) is 0 Å². The molecule has 5 aromatic rings. The Morgan fingerprint density at radius 2 is 2.02 bits per heavy atom. The molecule has 2 N–H and O–H groups in total. The summed E-state index contributed by atoms with van der Waals surface area (Å²) in [4.78, 5) is 30.6.